The molecule has 1 spiro atoms. The van der Waals surface area contributed by atoms with Crippen LogP contribution in [-0.2, 0) is 14.3 Å². The Kier molecular flexibility index (Phi) is 5.37. The van der Waals surface area contributed by atoms with Crippen LogP contribution < -0.4 is 0 Å². The number of amides is 2. The molecule has 3 fully saturated rings. The van der Waals surface area contributed by atoms with Crippen LogP contribution in [-0.4, -0.2) is 96.2 Å². The summed E-state index contributed by atoms with van der Waals surface area (Å²) < 4.78 is 5.92. The highest BCUT2D eigenvalue weighted by atomic mass is 16.5. The quantitative estimate of drug-likeness (QED) is 0.757. The van der Waals surface area contributed by atoms with Crippen LogP contribution in [0.25, 0.3) is 0 Å². The van der Waals surface area contributed by atoms with E-state index >= 15 is 0 Å². The van der Waals surface area contributed by atoms with Gasteiger partial charge in [0.15, 0.2) is 0 Å². The molecule has 2 heterocycles. The Morgan fingerprint density at radius 1 is 1.24 bits per heavy atom. The maximum atomic E-state index is 12.4. The Balaban J connectivity index is 1.51. The molecule has 1 N–H and O–H groups in total. The number of nitrogens with zero attached hydrogens (tertiary/aromatic N) is 3. The van der Waals surface area contributed by atoms with Crippen molar-refractivity contribution in [1.82, 2.24) is 14.7 Å². The number of ether oxygens (including phenoxy) is 1. The second kappa shape index (κ2) is 7.21. The van der Waals surface area contributed by atoms with Crippen LogP contribution in [0.15, 0.2) is 0 Å². The maximum absolute atomic E-state index is 12.4. The van der Waals surface area contributed by atoms with E-state index in [1.807, 2.05) is 23.9 Å². The van der Waals surface area contributed by atoms with E-state index in [4.69, 9.17) is 4.74 Å². The average molecular weight is 353 g/mol. The lowest BCUT2D eigenvalue weighted by Crippen LogP contribution is -2.60. The second-order valence-electron chi connectivity index (χ2n) is 8.23. The van der Waals surface area contributed by atoms with Crippen molar-refractivity contribution in [2.75, 3.05) is 53.4 Å². The van der Waals surface area contributed by atoms with Gasteiger partial charge in [0.05, 0.1) is 17.6 Å². The highest BCUT2D eigenvalue weighted by molar-refractivity contribution is 5.79. The highest BCUT2D eigenvalue weighted by Crippen LogP contribution is 2.36. The monoisotopic (exact) mass is 353 g/mol. The first-order valence-electron chi connectivity index (χ1n) is 9.38. The Labute approximate surface area is 149 Å². The molecule has 3 aliphatic rings. The van der Waals surface area contributed by atoms with Crippen molar-refractivity contribution < 1.29 is 19.4 Å². The van der Waals surface area contributed by atoms with Gasteiger partial charge in [-0.3, -0.25) is 9.59 Å². The first-order valence-corrected chi connectivity index (χ1v) is 9.38. The molecule has 0 aromatic carbocycles. The van der Waals surface area contributed by atoms with E-state index < -0.39 is 5.60 Å². The molecular formula is C18H31N3O4. The molecule has 2 saturated heterocycles. The summed E-state index contributed by atoms with van der Waals surface area (Å²) in [5.41, 5.74) is -1.08. The molecular weight excluding hydrogens is 322 g/mol. The summed E-state index contributed by atoms with van der Waals surface area (Å²) in [6, 6.07) is 0. The zero-order valence-electron chi connectivity index (χ0n) is 15.5. The summed E-state index contributed by atoms with van der Waals surface area (Å²) in [7, 11) is 4.00. The molecule has 0 atom stereocenters. The van der Waals surface area contributed by atoms with Crippen LogP contribution >= 0.6 is 0 Å². The third-order valence-corrected chi connectivity index (χ3v) is 5.94. The molecule has 0 bridgehead atoms. The molecule has 2 amide bonds. The topological polar surface area (TPSA) is 73.3 Å². The maximum Gasteiger partial charge on any atom is 0.248 e. The number of morpholine rings is 1. The van der Waals surface area contributed by atoms with Crippen molar-refractivity contribution in [3.8, 4) is 0 Å². The van der Waals surface area contributed by atoms with Gasteiger partial charge in [-0.05, 0) is 46.2 Å². The van der Waals surface area contributed by atoms with E-state index in [1.165, 1.54) is 0 Å². The number of piperidine rings is 1. The predicted molar refractivity (Wildman–Crippen MR) is 93.0 cm³/mol. The number of carbonyl (C=O) groups is 2. The smallest absolute Gasteiger partial charge is 0.248 e. The summed E-state index contributed by atoms with van der Waals surface area (Å²) in [5.74, 6) is 0.103. The van der Waals surface area contributed by atoms with Crippen molar-refractivity contribution in [2.24, 2.45) is 0 Å². The first kappa shape index (κ1) is 18.6. The Bertz CT molecular complexity index is 510. The third-order valence-electron chi connectivity index (χ3n) is 5.94. The summed E-state index contributed by atoms with van der Waals surface area (Å²) >= 11 is 0. The molecule has 1 aliphatic carbocycles. The van der Waals surface area contributed by atoms with Crippen LogP contribution in [0.1, 0.15) is 38.5 Å². The average Bonchev–Trinajstić information content (AvgIpc) is 2.55. The lowest BCUT2D eigenvalue weighted by molar-refractivity contribution is -0.174. The van der Waals surface area contributed by atoms with Gasteiger partial charge >= 0.3 is 0 Å². The van der Waals surface area contributed by atoms with E-state index in [0.29, 0.717) is 26.2 Å². The molecule has 3 rings (SSSR count). The van der Waals surface area contributed by atoms with Crippen molar-refractivity contribution in [1.29, 1.82) is 0 Å². The molecule has 0 aromatic rings. The van der Waals surface area contributed by atoms with Gasteiger partial charge in [0.25, 0.3) is 0 Å². The second-order valence-corrected chi connectivity index (χ2v) is 8.23. The van der Waals surface area contributed by atoms with Crippen molar-refractivity contribution in [3.63, 3.8) is 0 Å². The lowest BCUT2D eigenvalue weighted by atomic mass is 9.77. The predicted octanol–water partition coefficient (Wildman–Crippen LogP) is 0.0731. The van der Waals surface area contributed by atoms with Crippen molar-refractivity contribution in [3.05, 3.63) is 0 Å². The number of rotatable bonds is 5. The number of hydrogen-bond acceptors (Lipinski definition) is 5. The van der Waals surface area contributed by atoms with Gasteiger partial charge < -0.3 is 24.5 Å². The number of likely N-dealkylation sites (tertiary alicyclic amines) is 1. The SMILES string of the molecule is CN(C)CCN1CC2(CCN(C(=O)CC3(O)CCC3)CC2)OCC1=O. The summed E-state index contributed by atoms with van der Waals surface area (Å²) in [4.78, 5) is 30.3. The first-order chi connectivity index (χ1) is 11.8. The van der Waals surface area contributed by atoms with Gasteiger partial charge in [0.1, 0.15) is 6.61 Å². The summed E-state index contributed by atoms with van der Waals surface area (Å²) in [6.45, 7) is 3.60. The Morgan fingerprint density at radius 2 is 1.92 bits per heavy atom. The number of aliphatic hydroxyl groups is 1. The summed E-state index contributed by atoms with van der Waals surface area (Å²) in [5, 5.41) is 10.2. The number of likely N-dealkylation sites (N-methyl/N-ethyl adjacent to an activating group) is 1. The normalized spacial score (nSPS) is 25.4. The Hall–Kier alpha value is -1.18. The fraction of sp³-hybridized carbons (Fsp3) is 0.889. The van der Waals surface area contributed by atoms with E-state index in [1.54, 1.807) is 0 Å². The van der Waals surface area contributed by atoms with Crippen LogP contribution in [0.5, 0.6) is 0 Å². The van der Waals surface area contributed by atoms with E-state index in [2.05, 4.69) is 4.90 Å². The molecule has 0 unspecified atom stereocenters. The number of carbonyl (C=O) groups excluding carboxylic acids is 2. The van der Waals surface area contributed by atoms with Crippen molar-refractivity contribution >= 4 is 11.8 Å². The minimum atomic E-state index is -0.761. The van der Waals surface area contributed by atoms with Crippen LogP contribution in [0.2, 0.25) is 0 Å². The van der Waals surface area contributed by atoms with Crippen LogP contribution in [0.4, 0.5) is 0 Å². The molecule has 25 heavy (non-hydrogen) atoms. The molecule has 142 valence electrons. The van der Waals surface area contributed by atoms with Gasteiger partial charge in [-0.25, -0.2) is 0 Å². The fourth-order valence-electron chi connectivity index (χ4n) is 3.93. The van der Waals surface area contributed by atoms with Gasteiger partial charge in [-0.15, -0.1) is 0 Å². The zero-order chi connectivity index (χ0) is 18.1. The van der Waals surface area contributed by atoms with E-state index in [-0.39, 0.29) is 30.4 Å². The van der Waals surface area contributed by atoms with Crippen LogP contribution in [0, 0.1) is 0 Å². The standard InChI is InChI=1S/C18H31N3O4/c1-19(2)10-11-21-14-18(25-13-16(21)23)6-8-20(9-7-18)15(22)12-17(24)4-3-5-17/h24H,3-14H2,1-2H3. The molecule has 1 saturated carbocycles. The fourth-order valence-corrected chi connectivity index (χ4v) is 3.93. The minimum Gasteiger partial charge on any atom is -0.389 e. The zero-order valence-corrected chi connectivity index (χ0v) is 15.5. The largest absolute Gasteiger partial charge is 0.389 e. The van der Waals surface area contributed by atoms with Gasteiger partial charge in [-0.2, -0.15) is 0 Å². The number of hydrogen-bond donors (Lipinski definition) is 1. The highest BCUT2D eigenvalue weighted by Gasteiger charge is 2.44. The van der Waals surface area contributed by atoms with Gasteiger partial charge in [-0.1, -0.05) is 0 Å². The van der Waals surface area contributed by atoms with E-state index in [9.17, 15) is 14.7 Å². The van der Waals surface area contributed by atoms with Crippen molar-refractivity contribution in [2.45, 2.75) is 49.7 Å². The molecule has 7 nitrogen and oxygen atoms in total. The molecule has 2 aliphatic heterocycles. The molecule has 0 radical (unpaired) electrons. The minimum absolute atomic E-state index is 0.0494. The lowest BCUT2D eigenvalue weighted by Gasteiger charge is -2.47. The summed E-state index contributed by atoms with van der Waals surface area (Å²) in [6.07, 6.45) is 4.24. The molecule has 0 aromatic heterocycles. The third kappa shape index (κ3) is 4.33. The van der Waals surface area contributed by atoms with E-state index in [0.717, 1.165) is 38.6 Å². The van der Waals surface area contributed by atoms with Gasteiger partial charge in [0, 0.05) is 32.7 Å². The Morgan fingerprint density at radius 3 is 2.48 bits per heavy atom. The molecule has 7 heteroatoms. The van der Waals surface area contributed by atoms with Gasteiger partial charge in [0.2, 0.25) is 11.8 Å². The van der Waals surface area contributed by atoms with Crippen LogP contribution in [0.3, 0.4) is 0 Å².